The molecule has 1 fully saturated rings. The Morgan fingerprint density at radius 1 is 0.653 bits per heavy atom. The molecular formula is C66H75F2N15O13S2. The van der Waals surface area contributed by atoms with Crippen molar-refractivity contribution in [3.63, 3.8) is 0 Å². The second-order valence-electron chi connectivity index (χ2n) is 24.0. The van der Waals surface area contributed by atoms with Crippen molar-refractivity contribution < 1.29 is 71.7 Å². The summed E-state index contributed by atoms with van der Waals surface area (Å²) in [7, 11) is 0. The molecule has 7 aromatic rings. The molecule has 0 saturated carbocycles. The van der Waals surface area contributed by atoms with Crippen molar-refractivity contribution in [3.8, 4) is 5.75 Å². The number of aromatic amines is 3. The number of H-pyrrole nitrogens is 3. The molecule has 32 heteroatoms. The SMILES string of the molecule is C[C@@]12CCCN1C(=O)[C@H](Cc1ccc(O)cc1)NC(=O)[C@H](Cc1cnc[nH]1)NC(=O)[C@H](CC(=O)O)NC(=O)[C@H](Cc1c[nH]c3ccc(F)cc13)NC(=O)[C@H](Cc1c[nH]c3ccc(F)cc13)NC(=O)CNC(=O)[C@H](CN)NC(=O)CCSCc1cccc(c1)CSC[C@@H](C(N)=O)NC2=O. The van der Waals surface area contributed by atoms with Crippen molar-refractivity contribution in [2.45, 2.75) is 118 Å². The van der Waals surface area contributed by atoms with Gasteiger partial charge in [-0.15, -0.1) is 0 Å². The highest BCUT2D eigenvalue weighted by Gasteiger charge is 2.48. The minimum absolute atomic E-state index is 0.0138. The first-order valence-electron chi connectivity index (χ1n) is 31.3. The molecule has 9 rings (SSSR count). The zero-order chi connectivity index (χ0) is 70.2. The van der Waals surface area contributed by atoms with E-state index in [-0.39, 0.29) is 73.3 Å². The number of nitrogens with one attached hydrogen (secondary N) is 11. The summed E-state index contributed by atoms with van der Waals surface area (Å²) in [6, 6.07) is 9.64. The Bertz CT molecular complexity index is 4100. The molecule has 0 aliphatic carbocycles. The van der Waals surface area contributed by atoms with Crippen LogP contribution in [0.2, 0.25) is 0 Å². The van der Waals surface area contributed by atoms with Crippen LogP contribution in [-0.2, 0) is 89.9 Å². The molecule has 1 saturated heterocycles. The number of carboxylic acids is 1. The molecule has 0 radical (unpaired) electrons. The molecule has 28 nitrogen and oxygen atoms in total. The lowest BCUT2D eigenvalue weighted by atomic mass is 9.95. The summed E-state index contributed by atoms with van der Waals surface area (Å²) in [6.07, 6.45) is 3.27. The van der Waals surface area contributed by atoms with Crippen LogP contribution in [0.3, 0.4) is 0 Å². The van der Waals surface area contributed by atoms with E-state index in [1.54, 1.807) is 0 Å². The van der Waals surface area contributed by atoms with Gasteiger partial charge in [-0.1, -0.05) is 36.4 Å². The Kier molecular flexibility index (Phi) is 24.3. The summed E-state index contributed by atoms with van der Waals surface area (Å²) in [4.78, 5) is 170. The second kappa shape index (κ2) is 33.1. The lowest BCUT2D eigenvalue weighted by Gasteiger charge is -2.37. The number of fused-ring (bicyclic) bond motifs is 5. The van der Waals surface area contributed by atoms with E-state index in [4.69, 9.17) is 11.5 Å². The zero-order valence-corrected chi connectivity index (χ0v) is 54.7. The minimum Gasteiger partial charge on any atom is -0.508 e. The number of hydrogen-bond acceptors (Lipinski definition) is 16. The minimum atomic E-state index is -2.05. The third-order valence-corrected chi connectivity index (χ3v) is 19.0. The van der Waals surface area contributed by atoms with E-state index in [1.165, 1.54) is 115 Å². The standard InChI is InChI=1S/C66H75F2N15O13S2/c1-66-15-3-16-83(66)64(95)52(19-35-6-10-43(84)11-7-35)81-62(93)50(24-42-29-71-34-75-42)79-63(94)51(25-57(87)88)80-61(92)49(21-39-28-73-47-13-9-41(68)23-45(39)47)78-60(91)48(20-38-27-72-46-12-8-40(67)22-44(38)46)76-56(86)30-74-59(90)53(26-69)77-55(85)14-17-97-31-36-4-2-5-37(18-36)32-98-33-54(58(70)89)82-65(66)96/h2,4-13,18,22-23,27-29,34,48-54,72-73,84H,3,14-17,19-21,24-26,30-33,69H2,1H3,(H2,70,89)(H,71,75)(H,74,90)(H,76,86)(H,77,85)(H,78,91)(H,79,94)(H,80,92)(H,81,93)(H,82,96)(H,87,88)/t48-,49-,50-,51-,52-,53-,54-,66-/m0/s1. The highest BCUT2D eigenvalue weighted by Crippen LogP contribution is 2.32. The van der Waals surface area contributed by atoms with Crippen molar-refractivity contribution in [1.29, 1.82) is 0 Å². The monoisotopic (exact) mass is 1390 g/mol. The van der Waals surface area contributed by atoms with Gasteiger partial charge < -0.3 is 84.1 Å². The molecule has 8 atom stereocenters. The van der Waals surface area contributed by atoms with Gasteiger partial charge in [0.25, 0.3) is 0 Å². The van der Waals surface area contributed by atoms with Crippen molar-refractivity contribution in [1.82, 2.24) is 67.4 Å². The molecule has 518 valence electrons. The smallest absolute Gasteiger partial charge is 0.305 e. The van der Waals surface area contributed by atoms with Crippen LogP contribution < -0.4 is 54.0 Å². The summed E-state index contributed by atoms with van der Waals surface area (Å²) in [5.41, 5.74) is 14.0. The van der Waals surface area contributed by atoms with E-state index in [2.05, 4.69) is 62.5 Å². The number of aliphatic carboxylic acids is 1. The van der Waals surface area contributed by atoms with Gasteiger partial charge in [0.2, 0.25) is 59.1 Å². The van der Waals surface area contributed by atoms with Gasteiger partial charge in [0.05, 0.1) is 19.3 Å². The van der Waals surface area contributed by atoms with Crippen molar-refractivity contribution in [3.05, 3.63) is 155 Å². The third-order valence-electron chi connectivity index (χ3n) is 16.8. The fraction of sp³-hybridized carbons (Fsp3) is 0.364. The number of phenols is 1. The summed E-state index contributed by atoms with van der Waals surface area (Å²) >= 11 is 2.75. The van der Waals surface area contributed by atoms with E-state index in [9.17, 15) is 66.9 Å². The maximum atomic E-state index is 15.2. The quantitative estimate of drug-likeness (QED) is 0.0811. The van der Waals surface area contributed by atoms with Crippen LogP contribution in [0.5, 0.6) is 5.75 Å². The number of amides is 10. The Balaban J connectivity index is 1.05. The van der Waals surface area contributed by atoms with E-state index < -0.39 is 144 Å². The number of aromatic nitrogens is 4. The predicted molar refractivity (Wildman–Crippen MR) is 358 cm³/mol. The summed E-state index contributed by atoms with van der Waals surface area (Å²) in [5.74, 6) is -11.0. The first-order valence-corrected chi connectivity index (χ1v) is 33.7. The predicted octanol–water partition coefficient (Wildman–Crippen LogP) is 1.01. The number of thioether (sulfide) groups is 2. The fourth-order valence-electron chi connectivity index (χ4n) is 11.6. The maximum Gasteiger partial charge on any atom is 0.305 e. The van der Waals surface area contributed by atoms with E-state index in [1.807, 2.05) is 24.3 Å². The molecule has 2 bridgehead atoms. The van der Waals surface area contributed by atoms with E-state index in [0.29, 0.717) is 51.2 Å². The Hall–Kier alpha value is -10.3. The number of halogens is 2. The van der Waals surface area contributed by atoms with Crippen molar-refractivity contribution in [2.75, 3.05) is 31.1 Å². The number of benzene rings is 4. The van der Waals surface area contributed by atoms with Crippen molar-refractivity contribution in [2.24, 2.45) is 11.5 Å². The molecule has 0 spiro atoms. The Labute approximate surface area is 567 Å². The largest absolute Gasteiger partial charge is 0.508 e. The topological polar surface area (TPSA) is 440 Å². The van der Waals surface area contributed by atoms with Gasteiger partial charge in [0, 0.05) is 114 Å². The molecule has 2 aliphatic rings. The van der Waals surface area contributed by atoms with Gasteiger partial charge in [0.1, 0.15) is 65.2 Å². The average Bonchev–Trinajstić information content (AvgIpc) is 1.58. The normalized spacial score (nSPS) is 23.0. The molecule has 4 aromatic carbocycles. The summed E-state index contributed by atoms with van der Waals surface area (Å²) in [5, 5.41) is 41.6. The number of imidazole rings is 1. The van der Waals surface area contributed by atoms with Crippen LogP contribution in [0.25, 0.3) is 21.8 Å². The Morgan fingerprint density at radius 3 is 1.82 bits per heavy atom. The Morgan fingerprint density at radius 2 is 1.22 bits per heavy atom. The fourth-order valence-corrected chi connectivity index (χ4v) is 13.5. The van der Waals surface area contributed by atoms with Gasteiger partial charge in [-0.3, -0.25) is 52.7 Å². The number of primary amides is 1. The number of nitrogens with zero attached hydrogens (tertiary/aromatic N) is 2. The van der Waals surface area contributed by atoms with Gasteiger partial charge in [-0.05, 0) is 96.1 Å². The number of aromatic hydroxyl groups is 1. The van der Waals surface area contributed by atoms with Gasteiger partial charge in [-0.2, -0.15) is 23.5 Å². The molecular weight excluding hydrogens is 1310 g/mol. The van der Waals surface area contributed by atoms with Crippen LogP contribution in [0.4, 0.5) is 8.78 Å². The maximum absolute atomic E-state index is 15.2. The second-order valence-corrected chi connectivity index (χ2v) is 26.2. The van der Waals surface area contributed by atoms with Crippen LogP contribution in [-0.4, -0.2) is 179 Å². The van der Waals surface area contributed by atoms with Crippen LogP contribution in [0.15, 0.2) is 110 Å². The number of carbonyl (C=O) groups excluding carboxylic acids is 10. The van der Waals surface area contributed by atoms with Gasteiger partial charge in [0.15, 0.2) is 0 Å². The number of nitrogens with two attached hydrogens (primary N) is 2. The number of carbonyl (C=O) groups is 11. The average molecular weight is 1390 g/mol. The molecule has 3 aromatic heterocycles. The van der Waals surface area contributed by atoms with E-state index >= 15 is 4.79 Å². The molecule has 0 unspecified atom stereocenters. The molecule has 10 amide bonds. The molecule has 2 aliphatic heterocycles. The number of carboxylic acid groups (broad SMARTS) is 1. The number of hydrogen-bond donors (Lipinski definition) is 15. The number of phenolic OH excluding ortho intramolecular Hbond substituents is 1. The third kappa shape index (κ3) is 19.0. The van der Waals surface area contributed by atoms with Gasteiger partial charge >= 0.3 is 5.97 Å². The van der Waals surface area contributed by atoms with Crippen LogP contribution >= 0.6 is 23.5 Å². The summed E-state index contributed by atoms with van der Waals surface area (Å²) in [6.45, 7) is 0.370. The van der Waals surface area contributed by atoms with Gasteiger partial charge in [-0.25, -0.2) is 13.8 Å². The first-order chi connectivity index (χ1) is 46.9. The highest BCUT2D eigenvalue weighted by atomic mass is 32.2. The number of rotatable bonds is 12. The van der Waals surface area contributed by atoms with Crippen molar-refractivity contribution >= 4 is 110 Å². The van der Waals surface area contributed by atoms with Crippen LogP contribution in [0.1, 0.15) is 66.1 Å². The summed E-state index contributed by atoms with van der Waals surface area (Å²) < 4.78 is 29.7. The first kappa shape index (κ1) is 71.9. The molecule has 17 N–H and O–H groups in total. The molecule has 98 heavy (non-hydrogen) atoms. The lowest BCUT2D eigenvalue weighted by molar-refractivity contribution is -0.147. The van der Waals surface area contributed by atoms with Crippen LogP contribution in [0, 0.1) is 11.6 Å². The molecule has 5 heterocycles. The lowest BCUT2D eigenvalue weighted by Crippen LogP contribution is -2.63. The highest BCUT2D eigenvalue weighted by molar-refractivity contribution is 7.98. The van der Waals surface area contributed by atoms with E-state index in [0.717, 1.165) is 17.2 Å². The zero-order valence-electron chi connectivity index (χ0n) is 53.0.